The molecule has 0 aliphatic rings. The van der Waals surface area contributed by atoms with Crippen LogP contribution in [0.3, 0.4) is 0 Å². The molecule has 0 unspecified atom stereocenters. The van der Waals surface area contributed by atoms with Crippen LogP contribution < -0.4 is 10.5 Å². The molecule has 6 heteroatoms. The summed E-state index contributed by atoms with van der Waals surface area (Å²) in [5.74, 6) is 1.65. The van der Waals surface area contributed by atoms with E-state index in [9.17, 15) is 5.11 Å². The van der Waals surface area contributed by atoms with Crippen LogP contribution in [0.25, 0.3) is 11.1 Å². The monoisotopic (exact) mass is 391 g/mol. The first-order valence-corrected chi connectivity index (χ1v) is 9.65. The number of phenols is 1. The second kappa shape index (κ2) is 9.62. The van der Waals surface area contributed by atoms with Crippen LogP contribution in [0.15, 0.2) is 83.0 Å². The van der Waals surface area contributed by atoms with Crippen LogP contribution in [0.4, 0.5) is 0 Å². The molecule has 0 saturated carbocycles. The number of nitrogens with zero attached hydrogens (tertiary/aromatic N) is 2. The smallest absolute Gasteiger partial charge is 0.180 e. The van der Waals surface area contributed by atoms with E-state index < -0.39 is 0 Å². The first-order valence-electron chi connectivity index (χ1n) is 8.66. The summed E-state index contributed by atoms with van der Waals surface area (Å²) in [6, 6.07) is 23.1. The molecule has 3 aromatic carbocycles. The Morgan fingerprint density at radius 1 is 1.04 bits per heavy atom. The van der Waals surface area contributed by atoms with Gasteiger partial charge in [-0.1, -0.05) is 60.3 Å². The minimum atomic E-state index is 0.131. The Kier molecular flexibility index (Phi) is 6.70. The minimum Gasteiger partial charge on any atom is -0.507 e. The van der Waals surface area contributed by atoms with E-state index in [2.05, 4.69) is 10.2 Å². The first kappa shape index (κ1) is 19.5. The van der Waals surface area contributed by atoms with Crippen molar-refractivity contribution in [2.45, 2.75) is 5.75 Å². The quantitative estimate of drug-likeness (QED) is 0.364. The molecule has 142 valence electrons. The molecule has 0 heterocycles. The summed E-state index contributed by atoms with van der Waals surface area (Å²) >= 11 is 1.41. The number of amidine groups is 1. The van der Waals surface area contributed by atoms with E-state index in [1.165, 1.54) is 23.5 Å². The van der Waals surface area contributed by atoms with Crippen molar-refractivity contribution in [3.05, 3.63) is 83.9 Å². The van der Waals surface area contributed by atoms with Gasteiger partial charge in [-0.05, 0) is 41.0 Å². The van der Waals surface area contributed by atoms with Crippen molar-refractivity contribution in [2.24, 2.45) is 15.9 Å². The Morgan fingerprint density at radius 2 is 1.75 bits per heavy atom. The van der Waals surface area contributed by atoms with E-state index in [0.29, 0.717) is 10.7 Å². The number of benzene rings is 3. The second-order valence-electron chi connectivity index (χ2n) is 5.96. The standard InChI is InChI=1S/C22H21N3O2S/c1-27-20-10-7-17(8-11-20)18-9-12-21(26)19(13-18)14-24-25-22(23)28-15-16-5-3-2-4-6-16/h2-14,26H,15H2,1H3,(H2,23,25). The number of rotatable bonds is 6. The number of thioether (sulfide) groups is 1. The van der Waals surface area contributed by atoms with Crippen molar-refractivity contribution in [1.29, 1.82) is 0 Å². The van der Waals surface area contributed by atoms with Gasteiger partial charge < -0.3 is 15.6 Å². The Balaban J connectivity index is 1.68. The number of ether oxygens (including phenoxy) is 1. The van der Waals surface area contributed by atoms with Gasteiger partial charge in [0.1, 0.15) is 11.5 Å². The third kappa shape index (κ3) is 5.37. The van der Waals surface area contributed by atoms with Crippen molar-refractivity contribution in [1.82, 2.24) is 0 Å². The Bertz CT molecular complexity index is 971. The fourth-order valence-electron chi connectivity index (χ4n) is 2.53. The van der Waals surface area contributed by atoms with Gasteiger partial charge in [-0.15, -0.1) is 5.10 Å². The molecular formula is C22H21N3O2S. The lowest BCUT2D eigenvalue weighted by Gasteiger charge is -2.06. The topological polar surface area (TPSA) is 80.2 Å². The summed E-state index contributed by atoms with van der Waals surface area (Å²) < 4.78 is 5.18. The first-order chi connectivity index (χ1) is 13.7. The second-order valence-corrected chi connectivity index (χ2v) is 6.95. The van der Waals surface area contributed by atoms with Crippen LogP contribution in [0.2, 0.25) is 0 Å². The highest BCUT2D eigenvalue weighted by atomic mass is 32.2. The van der Waals surface area contributed by atoms with E-state index in [4.69, 9.17) is 10.5 Å². The van der Waals surface area contributed by atoms with Gasteiger partial charge in [-0.25, -0.2) is 0 Å². The largest absolute Gasteiger partial charge is 0.507 e. The maximum Gasteiger partial charge on any atom is 0.180 e. The van der Waals surface area contributed by atoms with Crippen LogP contribution in [0.1, 0.15) is 11.1 Å². The lowest BCUT2D eigenvalue weighted by atomic mass is 10.0. The summed E-state index contributed by atoms with van der Waals surface area (Å²) in [4.78, 5) is 0. The third-order valence-corrected chi connectivity index (χ3v) is 4.89. The molecule has 0 radical (unpaired) electrons. The van der Waals surface area contributed by atoms with Crippen molar-refractivity contribution < 1.29 is 9.84 Å². The third-order valence-electron chi connectivity index (χ3n) is 4.03. The van der Waals surface area contributed by atoms with E-state index >= 15 is 0 Å². The molecule has 5 nitrogen and oxygen atoms in total. The Hall–Kier alpha value is -3.25. The SMILES string of the molecule is COc1ccc(-c2ccc(O)c(C=NN=C(N)SCc3ccccc3)c2)cc1. The Labute approximate surface area is 168 Å². The van der Waals surface area contributed by atoms with E-state index in [1.807, 2.05) is 66.7 Å². The molecule has 0 amide bonds. The molecule has 0 aliphatic carbocycles. The van der Waals surface area contributed by atoms with Gasteiger partial charge in [0.15, 0.2) is 5.17 Å². The number of nitrogens with two attached hydrogens (primary N) is 1. The molecule has 3 rings (SSSR count). The molecule has 0 bridgehead atoms. The van der Waals surface area contributed by atoms with Gasteiger partial charge in [0.25, 0.3) is 0 Å². The normalized spacial score (nSPS) is 11.7. The molecule has 0 aliphatic heterocycles. The zero-order valence-electron chi connectivity index (χ0n) is 15.4. The number of methoxy groups -OCH3 is 1. The molecule has 28 heavy (non-hydrogen) atoms. The summed E-state index contributed by atoms with van der Waals surface area (Å²) in [7, 11) is 1.63. The van der Waals surface area contributed by atoms with Crippen molar-refractivity contribution >= 4 is 23.1 Å². The Morgan fingerprint density at radius 3 is 2.46 bits per heavy atom. The van der Waals surface area contributed by atoms with Crippen LogP contribution in [0, 0.1) is 0 Å². The van der Waals surface area contributed by atoms with Gasteiger partial charge in [-0.3, -0.25) is 0 Å². The van der Waals surface area contributed by atoms with Gasteiger partial charge in [0.05, 0.1) is 13.3 Å². The van der Waals surface area contributed by atoms with Crippen LogP contribution in [0.5, 0.6) is 11.5 Å². The number of phenolic OH excluding ortho intramolecular Hbond substituents is 1. The van der Waals surface area contributed by atoms with Crippen molar-refractivity contribution in [3.8, 4) is 22.6 Å². The highest BCUT2D eigenvalue weighted by molar-refractivity contribution is 8.13. The molecule has 0 fully saturated rings. The maximum atomic E-state index is 10.1. The minimum absolute atomic E-state index is 0.131. The number of aromatic hydroxyl groups is 1. The average molecular weight is 391 g/mol. The van der Waals surface area contributed by atoms with E-state index in [0.717, 1.165) is 22.6 Å². The number of hydrogen-bond acceptors (Lipinski definition) is 5. The predicted octanol–water partition coefficient (Wildman–Crippen LogP) is 4.65. The molecule has 0 spiro atoms. The number of hydrogen-bond donors (Lipinski definition) is 2. The lowest BCUT2D eigenvalue weighted by molar-refractivity contribution is 0.415. The van der Waals surface area contributed by atoms with E-state index in [1.54, 1.807) is 13.2 Å². The highest BCUT2D eigenvalue weighted by Crippen LogP contribution is 2.26. The van der Waals surface area contributed by atoms with Gasteiger partial charge in [-0.2, -0.15) is 5.10 Å². The molecule has 0 aromatic heterocycles. The highest BCUT2D eigenvalue weighted by Gasteiger charge is 2.04. The van der Waals surface area contributed by atoms with Crippen molar-refractivity contribution in [3.63, 3.8) is 0 Å². The van der Waals surface area contributed by atoms with Crippen LogP contribution in [-0.2, 0) is 5.75 Å². The fraction of sp³-hybridized carbons (Fsp3) is 0.0909. The molecule has 0 saturated heterocycles. The maximum absolute atomic E-state index is 10.1. The van der Waals surface area contributed by atoms with Crippen LogP contribution >= 0.6 is 11.8 Å². The zero-order valence-corrected chi connectivity index (χ0v) is 16.3. The van der Waals surface area contributed by atoms with Gasteiger partial charge in [0.2, 0.25) is 0 Å². The summed E-state index contributed by atoms with van der Waals surface area (Å²) in [6.07, 6.45) is 1.50. The van der Waals surface area contributed by atoms with Crippen molar-refractivity contribution in [2.75, 3.05) is 7.11 Å². The average Bonchev–Trinajstić information content (AvgIpc) is 2.74. The zero-order chi connectivity index (χ0) is 19.8. The molecule has 3 aromatic rings. The summed E-state index contributed by atoms with van der Waals surface area (Å²) in [5, 5.41) is 18.5. The van der Waals surface area contributed by atoms with E-state index in [-0.39, 0.29) is 5.75 Å². The fourth-order valence-corrected chi connectivity index (χ4v) is 3.14. The summed E-state index contributed by atoms with van der Waals surface area (Å²) in [5.41, 5.74) is 9.60. The lowest BCUT2D eigenvalue weighted by Crippen LogP contribution is -2.06. The van der Waals surface area contributed by atoms with Crippen LogP contribution in [-0.4, -0.2) is 23.6 Å². The summed E-state index contributed by atoms with van der Waals surface area (Å²) in [6.45, 7) is 0. The molecule has 3 N–H and O–H groups in total. The van der Waals surface area contributed by atoms with Gasteiger partial charge in [0, 0.05) is 11.3 Å². The molecular weight excluding hydrogens is 370 g/mol. The predicted molar refractivity (Wildman–Crippen MR) is 117 cm³/mol. The van der Waals surface area contributed by atoms with Gasteiger partial charge >= 0.3 is 0 Å². The molecule has 0 atom stereocenters.